The van der Waals surface area contributed by atoms with Crippen molar-refractivity contribution in [2.24, 2.45) is 5.41 Å². The van der Waals surface area contributed by atoms with Gasteiger partial charge in [0.25, 0.3) is 8.32 Å². The van der Waals surface area contributed by atoms with Crippen LogP contribution in [0, 0.1) is 5.41 Å². The molecule has 2 nitrogen and oxygen atoms in total. The lowest BCUT2D eigenvalue weighted by atomic mass is 9.85. The van der Waals surface area contributed by atoms with Crippen LogP contribution in [-0.4, -0.2) is 20.7 Å². The number of benzene rings is 2. The Kier molecular flexibility index (Phi) is 6.64. The van der Waals surface area contributed by atoms with E-state index < -0.39 is 8.32 Å². The zero-order chi connectivity index (χ0) is 21.8. The van der Waals surface area contributed by atoms with Gasteiger partial charge < -0.3 is 4.43 Å². The van der Waals surface area contributed by atoms with Gasteiger partial charge in [0.2, 0.25) is 0 Å². The van der Waals surface area contributed by atoms with Gasteiger partial charge >= 0.3 is 0 Å². The Balaban J connectivity index is 2.10. The molecule has 3 rings (SSSR count). The lowest BCUT2D eigenvalue weighted by Gasteiger charge is -2.45. The van der Waals surface area contributed by atoms with Gasteiger partial charge in [-0.1, -0.05) is 93.6 Å². The average molecular weight is 419 g/mol. The number of Topliss-reactive ketones (excluding diaryl/α,β-unsaturated/α-hetero) is 1. The van der Waals surface area contributed by atoms with Crippen LogP contribution in [-0.2, 0) is 9.22 Å². The van der Waals surface area contributed by atoms with Crippen LogP contribution in [0.5, 0.6) is 0 Å². The first kappa shape index (κ1) is 22.5. The van der Waals surface area contributed by atoms with Crippen molar-refractivity contribution in [1.82, 2.24) is 0 Å². The van der Waals surface area contributed by atoms with E-state index >= 15 is 0 Å². The summed E-state index contributed by atoms with van der Waals surface area (Å²) in [5, 5.41) is 2.51. The van der Waals surface area contributed by atoms with Crippen LogP contribution in [0.15, 0.2) is 85.0 Å². The Morgan fingerprint density at radius 3 is 2.00 bits per heavy atom. The van der Waals surface area contributed by atoms with Gasteiger partial charge in [-0.3, -0.25) is 4.79 Å². The molecular formula is C27H34O2Si. The second-order valence-corrected chi connectivity index (χ2v) is 13.8. The van der Waals surface area contributed by atoms with E-state index in [2.05, 4.69) is 94.1 Å². The lowest BCUT2D eigenvalue weighted by molar-refractivity contribution is -0.113. The van der Waals surface area contributed by atoms with E-state index in [1.807, 2.05) is 6.08 Å². The number of ketones is 1. The highest BCUT2D eigenvalue weighted by molar-refractivity contribution is 6.99. The van der Waals surface area contributed by atoms with Crippen molar-refractivity contribution in [3.8, 4) is 0 Å². The van der Waals surface area contributed by atoms with E-state index in [0.29, 0.717) is 6.61 Å². The molecule has 158 valence electrons. The summed E-state index contributed by atoms with van der Waals surface area (Å²) in [4.78, 5) is 12.0. The maximum atomic E-state index is 12.0. The Hall–Kier alpha value is -2.23. The van der Waals surface area contributed by atoms with E-state index in [4.69, 9.17) is 4.43 Å². The molecule has 0 bridgehead atoms. The quantitative estimate of drug-likeness (QED) is 0.422. The molecule has 1 atom stereocenters. The molecule has 0 unspecified atom stereocenters. The smallest absolute Gasteiger partial charge is 0.261 e. The summed E-state index contributed by atoms with van der Waals surface area (Å²) in [5.74, 6) is 0.173. The zero-order valence-electron chi connectivity index (χ0n) is 18.8. The Morgan fingerprint density at radius 1 is 1.07 bits per heavy atom. The maximum absolute atomic E-state index is 12.0. The van der Waals surface area contributed by atoms with Gasteiger partial charge in [-0.15, -0.1) is 6.58 Å². The number of allylic oxidation sites excluding steroid dienone is 2. The normalized spacial score (nSPS) is 19.4. The molecule has 0 radical (unpaired) electrons. The molecular weight excluding hydrogens is 384 g/mol. The molecule has 2 aromatic rings. The number of rotatable bonds is 8. The van der Waals surface area contributed by atoms with Gasteiger partial charge in [-0.05, 0) is 47.2 Å². The molecule has 30 heavy (non-hydrogen) atoms. The fraction of sp³-hybridized carbons (Fsp3) is 0.370. The Bertz CT molecular complexity index is 869. The molecule has 1 aliphatic rings. The first-order valence-corrected chi connectivity index (χ1v) is 12.7. The second-order valence-electron chi connectivity index (χ2n) is 9.53. The third kappa shape index (κ3) is 4.28. The zero-order valence-corrected chi connectivity index (χ0v) is 19.8. The minimum Gasteiger partial charge on any atom is -0.407 e. The Morgan fingerprint density at radius 2 is 1.60 bits per heavy atom. The molecule has 2 aromatic carbocycles. The first-order valence-electron chi connectivity index (χ1n) is 10.8. The number of hydrogen-bond donors (Lipinski definition) is 0. The van der Waals surface area contributed by atoms with Crippen LogP contribution in [0.2, 0.25) is 5.04 Å². The lowest BCUT2D eigenvalue weighted by Crippen LogP contribution is -2.67. The van der Waals surface area contributed by atoms with Crippen molar-refractivity contribution in [3.05, 3.63) is 85.0 Å². The fourth-order valence-electron chi connectivity index (χ4n) is 4.81. The molecule has 0 amide bonds. The SMILES string of the molecule is C=CC[C@@]1(CO[Si](c2ccccc2)(c2ccccc2)C(C)(C)C)C=C(C(C)=O)CC1. The van der Waals surface area contributed by atoms with Crippen LogP contribution in [0.3, 0.4) is 0 Å². The van der Waals surface area contributed by atoms with Crippen molar-refractivity contribution >= 4 is 24.5 Å². The maximum Gasteiger partial charge on any atom is 0.261 e. The number of carbonyl (C=O) groups excluding carboxylic acids is 1. The van der Waals surface area contributed by atoms with Gasteiger partial charge in [0.05, 0.1) is 0 Å². The minimum atomic E-state index is -2.59. The van der Waals surface area contributed by atoms with Crippen LogP contribution in [0.25, 0.3) is 0 Å². The summed E-state index contributed by atoms with van der Waals surface area (Å²) >= 11 is 0. The summed E-state index contributed by atoms with van der Waals surface area (Å²) in [7, 11) is -2.59. The highest BCUT2D eigenvalue weighted by Crippen LogP contribution is 2.43. The molecule has 0 saturated heterocycles. The summed E-state index contributed by atoms with van der Waals surface area (Å²) < 4.78 is 7.17. The van der Waals surface area contributed by atoms with Gasteiger partial charge in [0.1, 0.15) is 0 Å². The largest absolute Gasteiger partial charge is 0.407 e. The van der Waals surface area contributed by atoms with E-state index in [9.17, 15) is 4.79 Å². The van der Waals surface area contributed by atoms with E-state index in [0.717, 1.165) is 24.8 Å². The van der Waals surface area contributed by atoms with Crippen LogP contribution < -0.4 is 10.4 Å². The molecule has 0 N–H and O–H groups in total. The van der Waals surface area contributed by atoms with E-state index in [1.54, 1.807) is 6.92 Å². The van der Waals surface area contributed by atoms with Gasteiger partial charge in [0, 0.05) is 12.0 Å². The number of carbonyl (C=O) groups is 1. The molecule has 0 spiro atoms. The van der Waals surface area contributed by atoms with Gasteiger partial charge in [0.15, 0.2) is 5.78 Å². The van der Waals surface area contributed by atoms with Crippen molar-refractivity contribution in [2.45, 2.75) is 52.0 Å². The number of hydrogen-bond acceptors (Lipinski definition) is 2. The highest BCUT2D eigenvalue weighted by atomic mass is 28.4. The summed E-state index contributed by atoms with van der Waals surface area (Å²) in [6.45, 7) is 13.1. The van der Waals surface area contributed by atoms with Gasteiger partial charge in [-0.2, -0.15) is 0 Å². The third-order valence-electron chi connectivity index (χ3n) is 6.37. The first-order chi connectivity index (χ1) is 14.2. The standard InChI is InChI=1S/C27H34O2Si/c1-6-18-27(19-17-23(20-27)22(2)28)21-29-30(26(3,4)5,24-13-9-7-10-14-24)25-15-11-8-12-16-25/h6-16,20H,1,17-19,21H2,2-5H3/t27-/m0/s1. The monoisotopic (exact) mass is 418 g/mol. The molecule has 0 aliphatic heterocycles. The van der Waals surface area contributed by atoms with E-state index in [-0.39, 0.29) is 16.2 Å². The predicted octanol–water partition coefficient (Wildman–Crippen LogP) is 5.43. The average Bonchev–Trinajstić information content (AvgIpc) is 3.14. The van der Waals surface area contributed by atoms with Crippen LogP contribution in [0.1, 0.15) is 47.0 Å². The van der Waals surface area contributed by atoms with Crippen LogP contribution >= 0.6 is 0 Å². The summed E-state index contributed by atoms with van der Waals surface area (Å²) in [6.07, 6.45) is 6.73. The topological polar surface area (TPSA) is 26.3 Å². The minimum absolute atomic E-state index is 0.0587. The molecule has 0 heterocycles. The van der Waals surface area contributed by atoms with E-state index in [1.165, 1.54) is 10.4 Å². The second kappa shape index (κ2) is 8.87. The predicted molar refractivity (Wildman–Crippen MR) is 129 cm³/mol. The van der Waals surface area contributed by atoms with Crippen molar-refractivity contribution < 1.29 is 9.22 Å². The molecule has 1 aliphatic carbocycles. The molecule has 0 saturated carbocycles. The third-order valence-corrected chi connectivity index (χ3v) is 11.4. The highest BCUT2D eigenvalue weighted by Gasteiger charge is 2.51. The molecule has 3 heteroatoms. The van der Waals surface area contributed by atoms with Crippen molar-refractivity contribution in [1.29, 1.82) is 0 Å². The van der Waals surface area contributed by atoms with Crippen molar-refractivity contribution in [2.75, 3.05) is 6.61 Å². The van der Waals surface area contributed by atoms with Crippen LogP contribution in [0.4, 0.5) is 0 Å². The summed E-state index contributed by atoms with van der Waals surface area (Å²) in [5.41, 5.74) is 0.776. The van der Waals surface area contributed by atoms with Crippen molar-refractivity contribution in [3.63, 3.8) is 0 Å². The van der Waals surface area contributed by atoms with Gasteiger partial charge in [-0.25, -0.2) is 0 Å². The fourth-order valence-corrected chi connectivity index (χ4v) is 9.47. The Labute approximate surface area is 182 Å². The summed E-state index contributed by atoms with van der Waals surface area (Å²) in [6, 6.07) is 21.4. The molecule has 0 fully saturated rings. The molecule has 0 aromatic heterocycles.